The van der Waals surface area contributed by atoms with Gasteiger partial charge in [-0.15, -0.1) is 0 Å². The zero-order valence-electron chi connectivity index (χ0n) is 16.8. The van der Waals surface area contributed by atoms with Crippen molar-refractivity contribution in [2.45, 2.75) is 18.9 Å². The number of anilines is 1. The molecule has 1 aliphatic heterocycles. The van der Waals surface area contributed by atoms with E-state index in [-0.39, 0.29) is 6.03 Å². The van der Waals surface area contributed by atoms with Gasteiger partial charge in [-0.05, 0) is 41.3 Å². The van der Waals surface area contributed by atoms with E-state index in [1.165, 1.54) is 5.01 Å². The molecule has 7 heteroatoms. The Bertz CT molecular complexity index is 1110. The average Bonchev–Trinajstić information content (AvgIpc) is 2.77. The van der Waals surface area contributed by atoms with Crippen LogP contribution in [-0.4, -0.2) is 23.9 Å². The molecule has 1 atom stereocenters. The van der Waals surface area contributed by atoms with Gasteiger partial charge >= 0.3 is 6.03 Å². The fourth-order valence-electron chi connectivity index (χ4n) is 3.53. The molecular weight excluding hydrogens is 433 g/mol. The molecule has 0 saturated carbocycles. The van der Waals surface area contributed by atoms with Gasteiger partial charge in [-0.25, -0.2) is 4.79 Å². The molecule has 0 saturated heterocycles. The van der Waals surface area contributed by atoms with Gasteiger partial charge in [0.2, 0.25) is 0 Å². The van der Waals surface area contributed by atoms with Gasteiger partial charge in [-0.2, -0.15) is 10.1 Å². The van der Waals surface area contributed by atoms with E-state index in [4.69, 9.17) is 23.2 Å². The smallest absolute Gasteiger partial charge is 0.342 e. The number of nitrogens with one attached hydrogen (secondary N) is 1. The van der Waals surface area contributed by atoms with Gasteiger partial charge in [-0.1, -0.05) is 77.8 Å². The summed E-state index contributed by atoms with van der Waals surface area (Å²) in [4.78, 5) is 12.0. The van der Waals surface area contributed by atoms with Crippen LogP contribution in [0.4, 0.5) is 10.5 Å². The number of carbonyl (C=O) groups excluding carboxylic acids is 1. The third kappa shape index (κ3) is 4.44. The summed E-state index contributed by atoms with van der Waals surface area (Å²) in [5, 5.41) is 19.9. The number of hydrogen-bond donors (Lipinski definition) is 2. The summed E-state index contributed by atoms with van der Waals surface area (Å²) < 4.78 is 0. The van der Waals surface area contributed by atoms with Crippen LogP contribution in [0, 0.1) is 0 Å². The maximum absolute atomic E-state index is 12.0. The zero-order chi connectivity index (χ0) is 22.0. The predicted octanol–water partition coefficient (Wildman–Crippen LogP) is 5.36. The number of hydrazone groups is 1. The number of hydrogen-bond acceptors (Lipinski definition) is 3. The standard InChI is InChI=1S/C24H21Cl2N3O2/c1-24(31,17-5-3-2-4-6-17)18-9-7-16(8-10-18)13-20-21(25)14-19(15-22(20)26)29-23(30)27-11-12-28-29/h2-10,12,14-15,31H,11,13H2,1H3,(H,27,30). The quantitative estimate of drug-likeness (QED) is 0.546. The van der Waals surface area contributed by atoms with Crippen molar-refractivity contribution in [3.63, 3.8) is 0 Å². The molecule has 31 heavy (non-hydrogen) atoms. The Kier molecular flexibility index (Phi) is 6.01. The summed E-state index contributed by atoms with van der Waals surface area (Å²) in [6.07, 6.45) is 2.12. The molecule has 2 N–H and O–H groups in total. The number of rotatable bonds is 5. The Morgan fingerprint density at radius 2 is 1.65 bits per heavy atom. The summed E-state index contributed by atoms with van der Waals surface area (Å²) in [5.41, 5.74) is 2.79. The van der Waals surface area contributed by atoms with Gasteiger partial charge in [0.15, 0.2) is 0 Å². The monoisotopic (exact) mass is 453 g/mol. The molecule has 0 fully saturated rings. The van der Waals surface area contributed by atoms with Crippen LogP contribution in [-0.2, 0) is 12.0 Å². The van der Waals surface area contributed by atoms with E-state index in [0.717, 1.165) is 22.3 Å². The highest BCUT2D eigenvalue weighted by atomic mass is 35.5. The third-order valence-corrected chi connectivity index (χ3v) is 6.01. The summed E-state index contributed by atoms with van der Waals surface area (Å²) in [7, 11) is 0. The van der Waals surface area contributed by atoms with E-state index in [0.29, 0.717) is 28.7 Å². The highest BCUT2D eigenvalue weighted by Gasteiger charge is 2.25. The van der Waals surface area contributed by atoms with Crippen molar-refractivity contribution in [3.8, 4) is 0 Å². The van der Waals surface area contributed by atoms with Crippen LogP contribution in [0.1, 0.15) is 29.2 Å². The third-order valence-electron chi connectivity index (χ3n) is 5.34. The SMILES string of the molecule is CC(O)(c1ccccc1)c1ccc(Cc2c(Cl)cc(N3N=CCNC3=O)cc2Cl)cc1. The van der Waals surface area contributed by atoms with Crippen LogP contribution in [0.25, 0.3) is 0 Å². The van der Waals surface area contributed by atoms with Gasteiger partial charge < -0.3 is 10.4 Å². The van der Waals surface area contributed by atoms with Gasteiger partial charge in [0.1, 0.15) is 5.60 Å². The highest BCUT2D eigenvalue weighted by Crippen LogP contribution is 2.34. The van der Waals surface area contributed by atoms with Crippen molar-refractivity contribution >= 4 is 41.1 Å². The average molecular weight is 454 g/mol. The summed E-state index contributed by atoms with van der Waals surface area (Å²) in [6.45, 7) is 2.17. The Hall–Kier alpha value is -2.86. The van der Waals surface area contributed by atoms with E-state index in [1.807, 2.05) is 54.6 Å². The van der Waals surface area contributed by atoms with Crippen LogP contribution < -0.4 is 10.3 Å². The molecule has 158 valence electrons. The minimum atomic E-state index is -1.09. The first kappa shape index (κ1) is 21.4. The Balaban J connectivity index is 1.56. The predicted molar refractivity (Wildman–Crippen MR) is 125 cm³/mol. The lowest BCUT2D eigenvalue weighted by Crippen LogP contribution is -2.41. The first-order valence-corrected chi connectivity index (χ1v) is 10.6. The largest absolute Gasteiger partial charge is 0.381 e. The van der Waals surface area contributed by atoms with Gasteiger partial charge in [0.25, 0.3) is 0 Å². The topological polar surface area (TPSA) is 64.9 Å². The summed E-state index contributed by atoms with van der Waals surface area (Å²) >= 11 is 13.0. The van der Waals surface area contributed by atoms with Crippen molar-refractivity contribution < 1.29 is 9.90 Å². The Morgan fingerprint density at radius 1 is 1.03 bits per heavy atom. The number of aliphatic hydroxyl groups is 1. The molecule has 2 amide bonds. The summed E-state index contributed by atoms with van der Waals surface area (Å²) in [6, 6.07) is 20.3. The van der Waals surface area contributed by atoms with Crippen molar-refractivity contribution in [3.05, 3.63) is 99.0 Å². The van der Waals surface area contributed by atoms with Crippen molar-refractivity contribution in [2.24, 2.45) is 5.10 Å². The highest BCUT2D eigenvalue weighted by molar-refractivity contribution is 6.36. The minimum absolute atomic E-state index is 0.330. The number of urea groups is 1. The molecule has 1 aliphatic rings. The molecule has 0 bridgehead atoms. The molecule has 1 unspecified atom stereocenters. The molecule has 5 nitrogen and oxygen atoms in total. The second-order valence-corrected chi connectivity index (χ2v) is 8.31. The summed E-state index contributed by atoms with van der Waals surface area (Å²) in [5.74, 6) is 0. The first-order chi connectivity index (χ1) is 14.9. The molecule has 3 aromatic rings. The maximum Gasteiger partial charge on any atom is 0.342 e. The van der Waals surface area contributed by atoms with Crippen LogP contribution in [0.3, 0.4) is 0 Å². The fraction of sp³-hybridized carbons (Fsp3) is 0.167. The van der Waals surface area contributed by atoms with Crippen LogP contribution in [0.2, 0.25) is 10.0 Å². The van der Waals surface area contributed by atoms with Gasteiger partial charge in [-0.3, -0.25) is 0 Å². The van der Waals surface area contributed by atoms with Crippen LogP contribution in [0.5, 0.6) is 0 Å². The van der Waals surface area contributed by atoms with Gasteiger partial charge in [0.05, 0.1) is 12.2 Å². The second kappa shape index (κ2) is 8.71. The molecule has 0 aromatic heterocycles. The van der Waals surface area contributed by atoms with Gasteiger partial charge in [0, 0.05) is 22.7 Å². The number of benzene rings is 3. The molecule has 4 rings (SSSR count). The van der Waals surface area contributed by atoms with Crippen molar-refractivity contribution in [2.75, 3.05) is 11.6 Å². The fourth-order valence-corrected chi connectivity index (χ4v) is 4.14. The molecule has 3 aromatic carbocycles. The van der Waals surface area contributed by atoms with E-state index < -0.39 is 5.60 Å². The second-order valence-electron chi connectivity index (χ2n) is 7.50. The number of amides is 2. The zero-order valence-corrected chi connectivity index (χ0v) is 18.4. The molecule has 0 aliphatic carbocycles. The Labute approximate surface area is 190 Å². The van der Waals surface area contributed by atoms with Crippen LogP contribution >= 0.6 is 23.2 Å². The molecule has 0 radical (unpaired) electrons. The van der Waals surface area contributed by atoms with E-state index in [1.54, 1.807) is 25.3 Å². The number of nitrogens with zero attached hydrogens (tertiary/aromatic N) is 2. The maximum atomic E-state index is 12.0. The van der Waals surface area contributed by atoms with Crippen molar-refractivity contribution in [1.82, 2.24) is 5.32 Å². The lowest BCUT2D eigenvalue weighted by Gasteiger charge is -2.25. The van der Waals surface area contributed by atoms with Crippen LogP contribution in [0.15, 0.2) is 71.8 Å². The normalized spacial score (nSPS) is 15.5. The molecular formula is C24H21Cl2N3O2. The van der Waals surface area contributed by atoms with E-state index >= 15 is 0 Å². The molecule has 0 spiro atoms. The van der Waals surface area contributed by atoms with E-state index in [9.17, 15) is 9.90 Å². The Morgan fingerprint density at radius 3 is 2.26 bits per heavy atom. The number of halogens is 2. The first-order valence-electron chi connectivity index (χ1n) is 9.82. The lowest BCUT2D eigenvalue weighted by molar-refractivity contribution is 0.102. The minimum Gasteiger partial charge on any atom is -0.381 e. The number of carbonyl (C=O) groups is 1. The van der Waals surface area contributed by atoms with E-state index in [2.05, 4.69) is 10.4 Å². The lowest BCUT2D eigenvalue weighted by atomic mass is 9.87. The molecule has 1 heterocycles. The van der Waals surface area contributed by atoms with Crippen molar-refractivity contribution in [1.29, 1.82) is 0 Å².